The Labute approximate surface area is 146 Å². The van der Waals surface area contributed by atoms with Crippen molar-refractivity contribution < 1.29 is 24.2 Å². The van der Waals surface area contributed by atoms with E-state index in [4.69, 9.17) is 9.84 Å². The first-order chi connectivity index (χ1) is 11.6. The van der Waals surface area contributed by atoms with Crippen LogP contribution < -0.4 is 10.6 Å². The van der Waals surface area contributed by atoms with E-state index in [-0.39, 0.29) is 30.6 Å². The van der Waals surface area contributed by atoms with Crippen LogP contribution in [0, 0.1) is 0 Å². The van der Waals surface area contributed by atoms with Gasteiger partial charge in [0.1, 0.15) is 6.10 Å². The minimum atomic E-state index is -0.770. The van der Waals surface area contributed by atoms with Crippen LogP contribution in [0.25, 0.3) is 0 Å². The lowest BCUT2D eigenvalue weighted by Crippen LogP contribution is -2.32. The summed E-state index contributed by atoms with van der Waals surface area (Å²) in [5.41, 5.74) is 0. The lowest BCUT2D eigenvalue weighted by Gasteiger charge is -2.15. The molecule has 2 heterocycles. The van der Waals surface area contributed by atoms with Crippen LogP contribution in [0.1, 0.15) is 51.4 Å². The molecule has 0 aromatic rings. The van der Waals surface area contributed by atoms with E-state index in [2.05, 4.69) is 10.6 Å². The van der Waals surface area contributed by atoms with Crippen LogP contribution in [-0.4, -0.2) is 52.8 Å². The average Bonchev–Trinajstić information content (AvgIpc) is 3.06. The van der Waals surface area contributed by atoms with Crippen LogP contribution in [-0.2, 0) is 14.3 Å². The molecule has 136 valence electrons. The van der Waals surface area contributed by atoms with Gasteiger partial charge in [-0.2, -0.15) is 11.8 Å². The van der Waals surface area contributed by atoms with Crippen molar-refractivity contribution in [2.75, 3.05) is 12.3 Å². The molecule has 2 saturated heterocycles. The molecule has 0 radical (unpaired) electrons. The van der Waals surface area contributed by atoms with Crippen molar-refractivity contribution in [2.45, 2.75) is 68.8 Å². The molecule has 8 heteroatoms. The zero-order valence-electron chi connectivity index (χ0n) is 13.8. The fraction of sp³-hybridized carbons (Fsp3) is 0.812. The van der Waals surface area contributed by atoms with Gasteiger partial charge in [-0.1, -0.05) is 12.8 Å². The van der Waals surface area contributed by atoms with E-state index in [1.165, 1.54) is 0 Å². The van der Waals surface area contributed by atoms with Gasteiger partial charge in [0.25, 0.3) is 0 Å². The van der Waals surface area contributed by atoms with Crippen molar-refractivity contribution in [2.24, 2.45) is 0 Å². The molecule has 0 unspecified atom stereocenters. The Hall–Kier alpha value is -1.44. The number of ether oxygens (including phenoxy) is 1. The Kier molecular flexibility index (Phi) is 7.68. The number of unbranched alkanes of at least 4 members (excludes halogenated alkanes) is 3. The number of fused-ring (bicyclic) bond motifs is 1. The number of aliphatic carboxylic acids is 1. The molecule has 0 bridgehead atoms. The average molecular weight is 358 g/mol. The number of alkyl carbamates (subject to hydrolysis) is 1. The van der Waals surface area contributed by atoms with E-state index in [0.717, 1.165) is 37.9 Å². The van der Waals surface area contributed by atoms with E-state index >= 15 is 0 Å². The standard InChI is InChI=1S/C16H26N2O5S/c19-13(17-9-5-1-2-8-14(20)21)7-4-3-6-12-15-11(10-24-12)18-16(22)23-15/h11-12,15H,1-10H2,(H,17,19)(H,18,22)(H,20,21)/t11-,12-,15-/m0/s1. The zero-order chi connectivity index (χ0) is 17.4. The van der Waals surface area contributed by atoms with Gasteiger partial charge in [0.15, 0.2) is 0 Å². The minimum Gasteiger partial charge on any atom is -0.481 e. The number of amides is 2. The molecule has 2 aliphatic rings. The SMILES string of the molecule is O=C(O)CCCCCNC(=O)CCCC[C@@H]1SC[C@@H]2NC(=O)O[C@@H]21. The molecule has 2 amide bonds. The fourth-order valence-electron chi connectivity index (χ4n) is 3.04. The molecular weight excluding hydrogens is 332 g/mol. The first-order valence-electron chi connectivity index (χ1n) is 8.63. The van der Waals surface area contributed by atoms with E-state index in [1.807, 2.05) is 11.8 Å². The first kappa shape index (κ1) is 18.9. The predicted molar refractivity (Wildman–Crippen MR) is 91.0 cm³/mol. The number of hydrogen-bond acceptors (Lipinski definition) is 5. The Morgan fingerprint density at radius 2 is 2.00 bits per heavy atom. The summed E-state index contributed by atoms with van der Waals surface area (Å²) in [6.07, 6.45) is 5.43. The molecular formula is C16H26N2O5S. The maximum atomic E-state index is 11.7. The Balaban J connectivity index is 1.45. The van der Waals surface area contributed by atoms with Gasteiger partial charge in [0.2, 0.25) is 5.91 Å². The highest BCUT2D eigenvalue weighted by molar-refractivity contribution is 8.00. The highest BCUT2D eigenvalue weighted by atomic mass is 32.2. The summed E-state index contributed by atoms with van der Waals surface area (Å²) in [6.45, 7) is 0.613. The number of hydrogen-bond donors (Lipinski definition) is 3. The number of carboxylic acids is 1. The summed E-state index contributed by atoms with van der Waals surface area (Å²) >= 11 is 1.84. The summed E-state index contributed by atoms with van der Waals surface area (Å²) in [6, 6.07) is 0.150. The van der Waals surface area contributed by atoms with Gasteiger partial charge in [-0.05, 0) is 25.7 Å². The lowest BCUT2D eigenvalue weighted by atomic mass is 10.0. The second-order valence-electron chi connectivity index (χ2n) is 6.29. The van der Waals surface area contributed by atoms with E-state index in [1.54, 1.807) is 0 Å². The molecule has 0 aromatic carbocycles. The molecule has 2 rings (SSSR count). The second kappa shape index (κ2) is 9.76. The van der Waals surface area contributed by atoms with Crippen LogP contribution in [0.4, 0.5) is 4.79 Å². The summed E-state index contributed by atoms with van der Waals surface area (Å²) < 4.78 is 5.29. The van der Waals surface area contributed by atoms with Gasteiger partial charge in [0, 0.05) is 30.4 Å². The molecule has 0 aromatic heterocycles. The van der Waals surface area contributed by atoms with Gasteiger partial charge < -0.3 is 20.5 Å². The largest absolute Gasteiger partial charge is 0.481 e. The van der Waals surface area contributed by atoms with Crippen LogP contribution >= 0.6 is 11.8 Å². The smallest absolute Gasteiger partial charge is 0.407 e. The molecule has 0 aliphatic carbocycles. The van der Waals surface area contributed by atoms with Crippen LogP contribution in [0.3, 0.4) is 0 Å². The summed E-state index contributed by atoms with van der Waals surface area (Å²) in [7, 11) is 0. The first-order valence-corrected chi connectivity index (χ1v) is 9.68. The molecule has 0 spiro atoms. The minimum absolute atomic E-state index is 0.0119. The summed E-state index contributed by atoms with van der Waals surface area (Å²) in [5.74, 6) is 0.191. The lowest BCUT2D eigenvalue weighted by molar-refractivity contribution is -0.137. The molecule has 3 atom stereocenters. The Morgan fingerprint density at radius 1 is 1.21 bits per heavy atom. The van der Waals surface area contributed by atoms with Crippen molar-refractivity contribution >= 4 is 29.7 Å². The number of nitrogens with one attached hydrogen (secondary N) is 2. The zero-order valence-corrected chi connectivity index (χ0v) is 14.6. The number of carbonyl (C=O) groups is 3. The van der Waals surface area contributed by atoms with Gasteiger partial charge in [-0.3, -0.25) is 9.59 Å². The van der Waals surface area contributed by atoms with Crippen molar-refractivity contribution in [1.29, 1.82) is 0 Å². The van der Waals surface area contributed by atoms with Crippen molar-refractivity contribution in [3.63, 3.8) is 0 Å². The topological polar surface area (TPSA) is 105 Å². The Bertz CT molecular complexity index is 460. The summed E-state index contributed by atoms with van der Waals surface area (Å²) in [4.78, 5) is 33.3. The number of rotatable bonds is 11. The predicted octanol–water partition coefficient (Wildman–Crippen LogP) is 1.90. The van der Waals surface area contributed by atoms with Crippen molar-refractivity contribution in [3.05, 3.63) is 0 Å². The molecule has 2 aliphatic heterocycles. The molecule has 3 N–H and O–H groups in total. The number of carboxylic acid groups (broad SMARTS) is 1. The van der Waals surface area contributed by atoms with Crippen LogP contribution in [0.2, 0.25) is 0 Å². The molecule has 24 heavy (non-hydrogen) atoms. The van der Waals surface area contributed by atoms with Gasteiger partial charge in [-0.25, -0.2) is 4.79 Å². The maximum absolute atomic E-state index is 11.7. The number of thioether (sulfide) groups is 1. The van der Waals surface area contributed by atoms with E-state index in [9.17, 15) is 14.4 Å². The fourth-order valence-corrected chi connectivity index (χ4v) is 4.54. The molecule has 2 fully saturated rings. The van der Waals surface area contributed by atoms with Crippen molar-refractivity contribution in [1.82, 2.24) is 10.6 Å². The highest BCUT2D eigenvalue weighted by Gasteiger charge is 2.44. The van der Waals surface area contributed by atoms with Crippen LogP contribution in [0.15, 0.2) is 0 Å². The Morgan fingerprint density at radius 3 is 2.79 bits per heavy atom. The van der Waals surface area contributed by atoms with Gasteiger partial charge >= 0.3 is 12.1 Å². The highest BCUT2D eigenvalue weighted by Crippen LogP contribution is 2.35. The van der Waals surface area contributed by atoms with Gasteiger partial charge in [0.05, 0.1) is 6.04 Å². The van der Waals surface area contributed by atoms with Crippen molar-refractivity contribution in [3.8, 4) is 0 Å². The second-order valence-corrected chi connectivity index (χ2v) is 7.56. The molecule has 0 saturated carbocycles. The third-order valence-corrected chi connectivity index (χ3v) is 5.81. The maximum Gasteiger partial charge on any atom is 0.407 e. The summed E-state index contributed by atoms with van der Waals surface area (Å²) in [5, 5.41) is 14.6. The van der Waals surface area contributed by atoms with Gasteiger partial charge in [-0.15, -0.1) is 0 Å². The third kappa shape index (κ3) is 6.22. The van der Waals surface area contributed by atoms with E-state index in [0.29, 0.717) is 24.6 Å². The number of carbonyl (C=O) groups excluding carboxylic acids is 2. The van der Waals surface area contributed by atoms with E-state index < -0.39 is 5.97 Å². The monoisotopic (exact) mass is 358 g/mol. The van der Waals surface area contributed by atoms with Crippen LogP contribution in [0.5, 0.6) is 0 Å². The quantitative estimate of drug-likeness (QED) is 0.487. The molecule has 7 nitrogen and oxygen atoms in total. The third-order valence-electron chi connectivity index (χ3n) is 4.33. The normalized spacial score (nSPS) is 25.0.